The lowest BCUT2D eigenvalue weighted by atomic mass is 9.91. The van der Waals surface area contributed by atoms with Gasteiger partial charge in [0.2, 0.25) is 0 Å². The average Bonchev–Trinajstić information content (AvgIpc) is 2.38. The fraction of sp³-hybridized carbons (Fsp3) is 0.667. The molecule has 3 heteroatoms. The zero-order chi connectivity index (χ0) is 13.4. The van der Waals surface area contributed by atoms with Gasteiger partial charge in [0.1, 0.15) is 0 Å². The molecule has 1 rings (SSSR count). The molecule has 3 nitrogen and oxygen atoms in total. The molecule has 0 N–H and O–H groups in total. The van der Waals surface area contributed by atoms with E-state index in [1.54, 1.807) is 7.11 Å². The van der Waals surface area contributed by atoms with Crippen molar-refractivity contribution in [3.05, 3.63) is 24.1 Å². The van der Waals surface area contributed by atoms with Crippen LogP contribution in [-0.4, -0.2) is 37.9 Å². The Kier molecular flexibility index (Phi) is 6.73. The molecule has 0 atom stereocenters. The van der Waals surface area contributed by atoms with E-state index in [-0.39, 0.29) is 0 Å². The minimum atomic E-state index is 0.563. The number of aliphatic imine (C=N–C) groups is 1. The van der Waals surface area contributed by atoms with Crippen molar-refractivity contribution in [2.45, 2.75) is 33.1 Å². The van der Waals surface area contributed by atoms with E-state index in [2.05, 4.69) is 36.0 Å². The molecule has 1 aliphatic heterocycles. The Labute approximate surface area is 111 Å². The Morgan fingerprint density at radius 2 is 2.06 bits per heavy atom. The van der Waals surface area contributed by atoms with Crippen molar-refractivity contribution in [3.8, 4) is 0 Å². The second-order valence-electron chi connectivity index (χ2n) is 4.88. The zero-order valence-electron chi connectivity index (χ0n) is 12.1. The standard InChI is InChI=1S/C15H26N2O/c1-5-6-9-16-15(12-13(2)18-4)14-7-10-17(3)11-8-14/h6,9,12,14H,5,7-8,10-11H2,1-4H3/b9-6+,13-12+,16-15-. The molecule has 18 heavy (non-hydrogen) atoms. The molecule has 0 saturated carbocycles. The van der Waals surface area contributed by atoms with Gasteiger partial charge in [-0.05, 0) is 52.4 Å². The highest BCUT2D eigenvalue weighted by atomic mass is 16.5. The summed E-state index contributed by atoms with van der Waals surface area (Å²) in [5, 5.41) is 0. The molecular weight excluding hydrogens is 224 g/mol. The van der Waals surface area contributed by atoms with E-state index < -0.39 is 0 Å². The molecule has 0 aromatic heterocycles. The first-order chi connectivity index (χ1) is 8.67. The minimum absolute atomic E-state index is 0.563. The number of methoxy groups -OCH3 is 1. The molecule has 0 spiro atoms. The molecule has 0 aliphatic carbocycles. The molecule has 0 amide bonds. The van der Waals surface area contributed by atoms with Crippen LogP contribution in [0.5, 0.6) is 0 Å². The summed E-state index contributed by atoms with van der Waals surface area (Å²) in [6.07, 6.45) is 9.48. The first-order valence-corrected chi connectivity index (χ1v) is 6.81. The average molecular weight is 250 g/mol. The number of piperidine rings is 1. The van der Waals surface area contributed by atoms with Gasteiger partial charge in [0.05, 0.1) is 12.9 Å². The molecule has 1 aliphatic rings. The van der Waals surface area contributed by atoms with Crippen LogP contribution in [0.3, 0.4) is 0 Å². The maximum atomic E-state index is 5.24. The van der Waals surface area contributed by atoms with E-state index >= 15 is 0 Å². The molecule has 1 heterocycles. The Morgan fingerprint density at radius 3 is 2.61 bits per heavy atom. The summed E-state index contributed by atoms with van der Waals surface area (Å²) < 4.78 is 5.24. The molecule has 0 unspecified atom stereocenters. The Morgan fingerprint density at radius 1 is 1.39 bits per heavy atom. The van der Waals surface area contributed by atoms with Gasteiger partial charge in [-0.15, -0.1) is 0 Å². The van der Waals surface area contributed by atoms with Crippen LogP contribution < -0.4 is 0 Å². The number of ether oxygens (including phenoxy) is 1. The van der Waals surface area contributed by atoms with Gasteiger partial charge in [-0.2, -0.15) is 0 Å². The normalized spacial score (nSPS) is 20.7. The van der Waals surface area contributed by atoms with Crippen molar-refractivity contribution >= 4 is 5.71 Å². The van der Waals surface area contributed by atoms with Gasteiger partial charge >= 0.3 is 0 Å². The van der Waals surface area contributed by atoms with Crippen LogP contribution in [-0.2, 0) is 4.74 Å². The molecular formula is C15H26N2O. The molecule has 1 saturated heterocycles. The van der Waals surface area contributed by atoms with Crippen molar-refractivity contribution in [1.29, 1.82) is 0 Å². The minimum Gasteiger partial charge on any atom is -0.501 e. The van der Waals surface area contributed by atoms with Gasteiger partial charge in [0, 0.05) is 17.8 Å². The number of hydrogen-bond acceptors (Lipinski definition) is 3. The predicted octanol–water partition coefficient (Wildman–Crippen LogP) is 3.24. The highest BCUT2D eigenvalue weighted by Crippen LogP contribution is 2.19. The molecule has 0 aromatic carbocycles. The number of allylic oxidation sites excluding steroid dienone is 3. The third kappa shape index (κ3) is 5.05. The van der Waals surface area contributed by atoms with Gasteiger partial charge in [-0.1, -0.05) is 13.0 Å². The summed E-state index contributed by atoms with van der Waals surface area (Å²) in [6.45, 7) is 6.41. The smallest absolute Gasteiger partial charge is 0.0942 e. The van der Waals surface area contributed by atoms with Gasteiger partial charge in [-0.25, -0.2) is 0 Å². The maximum Gasteiger partial charge on any atom is 0.0942 e. The van der Waals surface area contributed by atoms with Crippen LogP contribution in [0.1, 0.15) is 33.1 Å². The number of nitrogens with zero attached hydrogens (tertiary/aromatic N) is 2. The number of rotatable bonds is 5. The van der Waals surface area contributed by atoms with Gasteiger partial charge < -0.3 is 9.64 Å². The predicted molar refractivity (Wildman–Crippen MR) is 77.9 cm³/mol. The lowest BCUT2D eigenvalue weighted by Gasteiger charge is -2.29. The Balaban J connectivity index is 2.77. The molecule has 0 bridgehead atoms. The maximum absolute atomic E-state index is 5.24. The summed E-state index contributed by atoms with van der Waals surface area (Å²) in [4.78, 5) is 6.99. The first kappa shape index (κ1) is 15.0. The molecule has 102 valence electrons. The summed E-state index contributed by atoms with van der Waals surface area (Å²) in [7, 11) is 3.89. The summed E-state index contributed by atoms with van der Waals surface area (Å²) in [5.74, 6) is 1.49. The quantitative estimate of drug-likeness (QED) is 0.553. The van der Waals surface area contributed by atoms with Crippen LogP contribution in [0.15, 0.2) is 29.1 Å². The summed E-state index contributed by atoms with van der Waals surface area (Å²) in [5.41, 5.74) is 1.16. The summed E-state index contributed by atoms with van der Waals surface area (Å²) >= 11 is 0. The van der Waals surface area contributed by atoms with Crippen LogP contribution in [0.2, 0.25) is 0 Å². The third-order valence-corrected chi connectivity index (χ3v) is 3.37. The fourth-order valence-electron chi connectivity index (χ4n) is 2.08. The number of likely N-dealkylation sites (tertiary alicyclic amines) is 1. The van der Waals surface area contributed by atoms with Gasteiger partial charge in [-0.3, -0.25) is 4.99 Å². The van der Waals surface area contributed by atoms with E-state index in [1.807, 2.05) is 13.1 Å². The van der Waals surface area contributed by atoms with Crippen molar-refractivity contribution in [2.75, 3.05) is 27.2 Å². The highest BCUT2D eigenvalue weighted by molar-refractivity contribution is 5.97. The largest absolute Gasteiger partial charge is 0.501 e. The molecule has 0 radical (unpaired) electrons. The van der Waals surface area contributed by atoms with Crippen LogP contribution in [0.25, 0.3) is 0 Å². The molecule has 1 fully saturated rings. The van der Waals surface area contributed by atoms with Gasteiger partial charge in [0.25, 0.3) is 0 Å². The second kappa shape index (κ2) is 8.09. The lowest BCUT2D eigenvalue weighted by Crippen LogP contribution is -2.33. The monoisotopic (exact) mass is 250 g/mol. The Hall–Kier alpha value is -1.09. The van der Waals surface area contributed by atoms with Crippen LogP contribution in [0.4, 0.5) is 0 Å². The Bertz CT molecular complexity index is 323. The number of hydrogen-bond donors (Lipinski definition) is 0. The van der Waals surface area contributed by atoms with E-state index in [0.29, 0.717) is 5.92 Å². The lowest BCUT2D eigenvalue weighted by molar-refractivity contribution is 0.252. The topological polar surface area (TPSA) is 24.8 Å². The third-order valence-electron chi connectivity index (χ3n) is 3.37. The van der Waals surface area contributed by atoms with Crippen molar-refractivity contribution in [2.24, 2.45) is 10.9 Å². The van der Waals surface area contributed by atoms with Crippen LogP contribution >= 0.6 is 0 Å². The van der Waals surface area contributed by atoms with Gasteiger partial charge in [0.15, 0.2) is 0 Å². The van der Waals surface area contributed by atoms with E-state index in [4.69, 9.17) is 4.74 Å². The fourth-order valence-corrected chi connectivity index (χ4v) is 2.08. The van der Waals surface area contributed by atoms with E-state index in [9.17, 15) is 0 Å². The zero-order valence-corrected chi connectivity index (χ0v) is 12.1. The SMILES string of the molecule is CC/C=C/N=C(/C=C(\C)OC)C1CCN(C)CC1. The van der Waals surface area contributed by atoms with E-state index in [1.165, 1.54) is 12.8 Å². The van der Waals surface area contributed by atoms with E-state index in [0.717, 1.165) is 31.0 Å². The van der Waals surface area contributed by atoms with Crippen molar-refractivity contribution in [3.63, 3.8) is 0 Å². The summed E-state index contributed by atoms with van der Waals surface area (Å²) in [6, 6.07) is 0. The first-order valence-electron chi connectivity index (χ1n) is 6.81. The molecule has 0 aromatic rings. The second-order valence-corrected chi connectivity index (χ2v) is 4.88. The van der Waals surface area contributed by atoms with Crippen molar-refractivity contribution < 1.29 is 4.74 Å². The van der Waals surface area contributed by atoms with Crippen molar-refractivity contribution in [1.82, 2.24) is 4.90 Å². The highest BCUT2D eigenvalue weighted by Gasteiger charge is 2.20. The van der Waals surface area contributed by atoms with Crippen LogP contribution in [0, 0.1) is 5.92 Å².